The highest BCUT2D eigenvalue weighted by molar-refractivity contribution is 5.96. The number of aromatic nitrogens is 1. The van der Waals surface area contributed by atoms with Crippen LogP contribution in [0.3, 0.4) is 0 Å². The molecule has 2 unspecified atom stereocenters. The number of carbonyl (C=O) groups is 2. The van der Waals surface area contributed by atoms with E-state index >= 15 is 0 Å². The van der Waals surface area contributed by atoms with E-state index in [9.17, 15) is 9.59 Å². The lowest BCUT2D eigenvalue weighted by Gasteiger charge is -2.25. The maximum absolute atomic E-state index is 13.2. The Morgan fingerprint density at radius 1 is 1.03 bits per heavy atom. The maximum atomic E-state index is 13.2. The molecule has 174 valence electrons. The van der Waals surface area contributed by atoms with Gasteiger partial charge in [-0.25, -0.2) is 0 Å². The summed E-state index contributed by atoms with van der Waals surface area (Å²) in [5.74, 6) is 1.62. The molecule has 1 aromatic heterocycles. The predicted molar refractivity (Wildman–Crippen MR) is 128 cm³/mol. The second-order valence-corrected chi connectivity index (χ2v) is 10.1. The summed E-state index contributed by atoms with van der Waals surface area (Å²) in [5.41, 5.74) is 3.78. The molecule has 33 heavy (non-hydrogen) atoms. The molecule has 3 aliphatic rings. The Labute approximate surface area is 196 Å². The summed E-state index contributed by atoms with van der Waals surface area (Å²) >= 11 is 0. The fraction of sp³-hybridized carbons (Fsp3) is 0.519. The zero-order chi connectivity index (χ0) is 22.9. The molecule has 2 aromatic rings. The quantitative estimate of drug-likeness (QED) is 0.708. The Hall–Kier alpha value is -2.73. The number of hydrogen-bond acceptors (Lipinski definition) is 4. The number of rotatable bonds is 7. The highest BCUT2D eigenvalue weighted by Gasteiger charge is 2.42. The summed E-state index contributed by atoms with van der Waals surface area (Å²) in [6.07, 6.45) is 4.73. The largest absolute Gasteiger partial charge is 0.349 e. The van der Waals surface area contributed by atoms with Gasteiger partial charge in [0.15, 0.2) is 0 Å². The van der Waals surface area contributed by atoms with E-state index in [1.807, 2.05) is 43.0 Å². The third-order valence-electron chi connectivity index (χ3n) is 7.61. The highest BCUT2D eigenvalue weighted by atomic mass is 16.2. The highest BCUT2D eigenvalue weighted by Crippen LogP contribution is 2.34. The van der Waals surface area contributed by atoms with Crippen LogP contribution < -0.4 is 5.32 Å². The van der Waals surface area contributed by atoms with Crippen molar-refractivity contribution in [3.8, 4) is 0 Å². The van der Waals surface area contributed by atoms with E-state index in [0.29, 0.717) is 11.8 Å². The molecular weight excluding hydrogens is 412 g/mol. The number of hydrogen-bond donors (Lipinski definition) is 1. The summed E-state index contributed by atoms with van der Waals surface area (Å²) in [6, 6.07) is 12.3. The molecule has 1 saturated carbocycles. The van der Waals surface area contributed by atoms with Crippen LogP contribution >= 0.6 is 0 Å². The van der Waals surface area contributed by atoms with E-state index in [2.05, 4.69) is 27.3 Å². The van der Waals surface area contributed by atoms with Gasteiger partial charge in [-0.3, -0.25) is 14.6 Å². The number of pyridine rings is 1. The molecule has 3 atom stereocenters. The molecule has 1 N–H and O–H groups in total. The molecule has 6 nitrogen and oxygen atoms in total. The van der Waals surface area contributed by atoms with Crippen molar-refractivity contribution >= 4 is 11.8 Å². The molecule has 0 radical (unpaired) electrons. The minimum Gasteiger partial charge on any atom is -0.349 e. The maximum Gasteiger partial charge on any atom is 0.255 e. The van der Waals surface area contributed by atoms with E-state index in [-0.39, 0.29) is 23.8 Å². The molecule has 3 fully saturated rings. The van der Waals surface area contributed by atoms with Crippen LogP contribution in [0, 0.1) is 31.6 Å². The third-order valence-corrected chi connectivity index (χ3v) is 7.61. The summed E-state index contributed by atoms with van der Waals surface area (Å²) < 4.78 is 0. The monoisotopic (exact) mass is 446 g/mol. The Balaban J connectivity index is 1.17. The van der Waals surface area contributed by atoms with Gasteiger partial charge in [0, 0.05) is 44.8 Å². The molecule has 1 aliphatic carbocycles. The first-order valence-corrected chi connectivity index (χ1v) is 12.3. The van der Waals surface area contributed by atoms with Gasteiger partial charge in [0.05, 0.1) is 17.3 Å². The average molecular weight is 447 g/mol. The molecule has 2 amide bonds. The van der Waals surface area contributed by atoms with Crippen LogP contribution in [0.25, 0.3) is 0 Å². The lowest BCUT2D eigenvalue weighted by atomic mass is 10.0. The van der Waals surface area contributed by atoms with Crippen LogP contribution in [0.4, 0.5) is 0 Å². The van der Waals surface area contributed by atoms with Crippen LogP contribution in [0.2, 0.25) is 0 Å². The number of aryl methyl sites for hydroxylation is 2. The Morgan fingerprint density at radius 3 is 2.36 bits per heavy atom. The Kier molecular flexibility index (Phi) is 6.19. The minimum absolute atomic E-state index is 0.0642. The zero-order valence-corrected chi connectivity index (χ0v) is 19.7. The van der Waals surface area contributed by atoms with Gasteiger partial charge in [-0.1, -0.05) is 30.3 Å². The van der Waals surface area contributed by atoms with Gasteiger partial charge >= 0.3 is 0 Å². The van der Waals surface area contributed by atoms with Crippen molar-refractivity contribution in [1.29, 1.82) is 0 Å². The number of benzene rings is 1. The van der Waals surface area contributed by atoms with Crippen molar-refractivity contribution in [2.75, 3.05) is 32.7 Å². The number of fused-ring (bicyclic) bond motifs is 1. The second-order valence-electron chi connectivity index (χ2n) is 10.1. The molecule has 5 rings (SSSR count). The van der Waals surface area contributed by atoms with E-state index in [1.54, 1.807) is 6.20 Å². The molecule has 6 heteroatoms. The first-order chi connectivity index (χ1) is 16.0. The lowest BCUT2D eigenvalue weighted by Crippen LogP contribution is -2.36. The average Bonchev–Trinajstić information content (AvgIpc) is 3.48. The van der Waals surface area contributed by atoms with E-state index in [1.165, 1.54) is 5.56 Å². The predicted octanol–water partition coefficient (Wildman–Crippen LogP) is 3.36. The summed E-state index contributed by atoms with van der Waals surface area (Å²) in [4.78, 5) is 34.5. The van der Waals surface area contributed by atoms with Gasteiger partial charge in [0.25, 0.3) is 5.91 Å². The fourth-order valence-corrected chi connectivity index (χ4v) is 5.57. The van der Waals surface area contributed by atoms with Gasteiger partial charge < -0.3 is 15.1 Å². The first kappa shape index (κ1) is 22.1. The molecule has 2 aliphatic heterocycles. The number of amides is 2. The number of likely N-dealkylation sites (tertiary alicyclic amines) is 2. The van der Waals surface area contributed by atoms with Crippen molar-refractivity contribution in [3.05, 3.63) is 65.0 Å². The first-order valence-electron chi connectivity index (χ1n) is 12.3. The van der Waals surface area contributed by atoms with Crippen molar-refractivity contribution in [2.24, 2.45) is 17.8 Å². The number of carbonyl (C=O) groups excluding carboxylic acids is 2. The van der Waals surface area contributed by atoms with Crippen LogP contribution in [0.1, 0.15) is 52.5 Å². The van der Waals surface area contributed by atoms with E-state index in [4.69, 9.17) is 0 Å². The summed E-state index contributed by atoms with van der Waals surface area (Å²) in [6.45, 7) is 8.58. The van der Waals surface area contributed by atoms with Gasteiger partial charge in [0.2, 0.25) is 5.91 Å². The summed E-state index contributed by atoms with van der Waals surface area (Å²) in [5, 5.41) is 3.30. The van der Waals surface area contributed by atoms with Crippen molar-refractivity contribution in [1.82, 2.24) is 20.1 Å². The normalized spacial score (nSPS) is 23.4. The van der Waals surface area contributed by atoms with Crippen LogP contribution in [0.15, 0.2) is 42.6 Å². The summed E-state index contributed by atoms with van der Waals surface area (Å²) in [7, 11) is 0. The van der Waals surface area contributed by atoms with Gasteiger partial charge in [-0.05, 0) is 62.1 Å². The van der Waals surface area contributed by atoms with Gasteiger partial charge in [0.1, 0.15) is 0 Å². The van der Waals surface area contributed by atoms with Crippen molar-refractivity contribution < 1.29 is 9.59 Å². The van der Waals surface area contributed by atoms with Crippen LogP contribution in [-0.4, -0.2) is 59.3 Å². The number of nitrogens with one attached hydrogen (secondary N) is 1. The van der Waals surface area contributed by atoms with Gasteiger partial charge in [-0.15, -0.1) is 0 Å². The number of nitrogens with zero attached hydrogens (tertiary/aromatic N) is 3. The van der Waals surface area contributed by atoms with Crippen molar-refractivity contribution in [2.45, 2.75) is 39.2 Å². The van der Waals surface area contributed by atoms with Crippen LogP contribution in [0.5, 0.6) is 0 Å². The molecule has 0 bridgehead atoms. The smallest absolute Gasteiger partial charge is 0.255 e. The third kappa shape index (κ3) is 4.81. The fourth-order valence-electron chi connectivity index (χ4n) is 5.57. The van der Waals surface area contributed by atoms with Crippen molar-refractivity contribution in [3.63, 3.8) is 0 Å². The van der Waals surface area contributed by atoms with E-state index in [0.717, 1.165) is 68.8 Å². The lowest BCUT2D eigenvalue weighted by molar-refractivity contribution is -0.123. The second kappa shape index (κ2) is 9.26. The molecule has 1 aromatic carbocycles. The topological polar surface area (TPSA) is 65.5 Å². The van der Waals surface area contributed by atoms with Crippen LogP contribution in [-0.2, 0) is 4.79 Å². The SMILES string of the molecule is Cc1ccnc(C)c1C(=O)N1CC2CN(CCC(NC(=O)C3CC3)c3ccccc3)C[C@H]2C1. The molecular formula is C27H34N4O2. The molecule has 0 spiro atoms. The Bertz CT molecular complexity index is 986. The minimum atomic E-state index is 0.0642. The Morgan fingerprint density at radius 2 is 1.73 bits per heavy atom. The zero-order valence-electron chi connectivity index (χ0n) is 19.7. The molecule has 2 saturated heterocycles. The standard InChI is InChI=1S/C27H34N4O2/c1-18-10-12-28-19(2)25(18)27(33)31-16-22-14-30(15-23(22)17-31)13-11-24(20-6-4-3-5-7-20)29-26(32)21-8-9-21/h3-7,10,12,21-24H,8-9,11,13-17H2,1-2H3,(H,29,32)/t22-,23?,24?/m0/s1. The van der Waals surface area contributed by atoms with Gasteiger partial charge in [-0.2, -0.15) is 0 Å². The molecule has 3 heterocycles. The van der Waals surface area contributed by atoms with E-state index < -0.39 is 0 Å².